The first kappa shape index (κ1) is 14.0. The molecular weight excluding hydrogens is 321 g/mol. The molecule has 1 N–H and O–H groups in total. The predicted octanol–water partition coefficient (Wildman–Crippen LogP) is 4.18. The lowest BCUT2D eigenvalue weighted by molar-refractivity contribution is 0.510. The van der Waals surface area contributed by atoms with Crippen molar-refractivity contribution in [2.24, 2.45) is 0 Å². The number of aromatic amines is 1. The summed E-state index contributed by atoms with van der Waals surface area (Å²) in [5.41, 5.74) is -0.108. The van der Waals surface area contributed by atoms with Crippen LogP contribution in [0.4, 0.5) is 8.78 Å². The van der Waals surface area contributed by atoms with Gasteiger partial charge in [0.2, 0.25) is 0 Å². The van der Waals surface area contributed by atoms with Crippen LogP contribution in [0.1, 0.15) is 0 Å². The summed E-state index contributed by atoms with van der Waals surface area (Å²) in [5, 5.41) is 0.676. The summed E-state index contributed by atoms with van der Waals surface area (Å²) in [4.78, 5) is 18.6. The Bertz CT molecular complexity index is 925. The Hall–Kier alpha value is -1.98. The molecule has 3 nitrogen and oxygen atoms in total. The first-order chi connectivity index (χ1) is 9.95. The highest BCUT2D eigenvalue weighted by Crippen LogP contribution is 2.28. The van der Waals surface area contributed by atoms with E-state index < -0.39 is 17.2 Å². The van der Waals surface area contributed by atoms with E-state index >= 15 is 0 Å². The van der Waals surface area contributed by atoms with Gasteiger partial charge in [0.15, 0.2) is 11.6 Å². The number of rotatable bonds is 1. The minimum Gasteiger partial charge on any atom is -0.306 e. The van der Waals surface area contributed by atoms with E-state index in [4.69, 9.17) is 23.2 Å². The summed E-state index contributed by atoms with van der Waals surface area (Å²) in [6, 6.07) is 6.33. The summed E-state index contributed by atoms with van der Waals surface area (Å²) >= 11 is 11.8. The van der Waals surface area contributed by atoms with Gasteiger partial charge in [-0.2, -0.15) is 0 Å². The minimum atomic E-state index is -1.10. The number of benzene rings is 2. The van der Waals surface area contributed by atoms with Gasteiger partial charge in [0.25, 0.3) is 5.56 Å². The van der Waals surface area contributed by atoms with E-state index in [1.165, 1.54) is 6.07 Å². The lowest BCUT2D eigenvalue weighted by Crippen LogP contribution is -2.10. The van der Waals surface area contributed by atoms with Crippen LogP contribution in [0.5, 0.6) is 0 Å². The van der Waals surface area contributed by atoms with Gasteiger partial charge < -0.3 is 4.98 Å². The van der Waals surface area contributed by atoms with Crippen LogP contribution in [0.3, 0.4) is 0 Å². The zero-order chi connectivity index (χ0) is 15.1. The Morgan fingerprint density at radius 2 is 1.76 bits per heavy atom. The number of halogens is 4. The molecule has 0 saturated carbocycles. The quantitative estimate of drug-likeness (QED) is 0.729. The first-order valence-electron chi connectivity index (χ1n) is 5.80. The average Bonchev–Trinajstić information content (AvgIpc) is 2.41. The molecule has 0 aliphatic heterocycles. The zero-order valence-corrected chi connectivity index (χ0v) is 11.8. The Morgan fingerprint density at radius 3 is 2.48 bits per heavy atom. The third-order valence-corrected chi connectivity index (χ3v) is 3.48. The lowest BCUT2D eigenvalue weighted by Gasteiger charge is -2.06. The number of fused-ring (bicyclic) bond motifs is 1. The summed E-state index contributed by atoms with van der Waals surface area (Å²) in [7, 11) is 0. The van der Waals surface area contributed by atoms with E-state index in [1.807, 2.05) is 0 Å². The fourth-order valence-corrected chi connectivity index (χ4v) is 2.44. The van der Waals surface area contributed by atoms with Gasteiger partial charge in [-0.3, -0.25) is 4.79 Å². The molecule has 0 radical (unpaired) electrons. The molecule has 1 heterocycles. The van der Waals surface area contributed by atoms with Gasteiger partial charge >= 0.3 is 0 Å². The van der Waals surface area contributed by atoms with Crippen LogP contribution in [0, 0.1) is 11.6 Å². The van der Waals surface area contributed by atoms with Crippen molar-refractivity contribution in [3.63, 3.8) is 0 Å². The highest BCUT2D eigenvalue weighted by molar-refractivity contribution is 6.36. The number of aromatic nitrogens is 2. The second-order valence-corrected chi connectivity index (χ2v) is 5.17. The Morgan fingerprint density at radius 1 is 1.05 bits per heavy atom. The van der Waals surface area contributed by atoms with Gasteiger partial charge in [-0.05, 0) is 24.3 Å². The molecule has 0 aliphatic carbocycles. The molecule has 0 bridgehead atoms. The largest absolute Gasteiger partial charge is 0.306 e. The molecule has 1 aromatic heterocycles. The molecule has 21 heavy (non-hydrogen) atoms. The fraction of sp³-hybridized carbons (Fsp3) is 0. The first-order valence-corrected chi connectivity index (χ1v) is 6.56. The van der Waals surface area contributed by atoms with Crippen LogP contribution in [-0.2, 0) is 0 Å². The zero-order valence-electron chi connectivity index (χ0n) is 10.3. The normalized spacial score (nSPS) is 11.0. The maximum atomic E-state index is 13.3. The molecule has 3 rings (SSSR count). The summed E-state index contributed by atoms with van der Waals surface area (Å²) in [6.45, 7) is 0. The van der Waals surface area contributed by atoms with Crippen molar-refractivity contribution in [3.05, 3.63) is 62.4 Å². The number of hydrogen-bond acceptors (Lipinski definition) is 2. The molecule has 0 aliphatic rings. The van der Waals surface area contributed by atoms with Crippen LogP contribution in [-0.4, -0.2) is 9.97 Å². The Labute approximate surface area is 127 Å². The second kappa shape index (κ2) is 5.09. The van der Waals surface area contributed by atoms with Gasteiger partial charge in [0.1, 0.15) is 5.82 Å². The van der Waals surface area contributed by atoms with E-state index in [0.717, 1.165) is 12.1 Å². The molecule has 106 valence electrons. The number of H-pyrrole nitrogens is 1. The molecule has 0 saturated heterocycles. The van der Waals surface area contributed by atoms with Crippen molar-refractivity contribution in [3.8, 4) is 11.4 Å². The van der Waals surface area contributed by atoms with Gasteiger partial charge in [-0.25, -0.2) is 13.8 Å². The Kier molecular flexibility index (Phi) is 3.39. The van der Waals surface area contributed by atoms with Crippen molar-refractivity contribution >= 4 is 34.1 Å². The molecule has 0 atom stereocenters. The van der Waals surface area contributed by atoms with Crippen LogP contribution in [0.2, 0.25) is 10.0 Å². The topological polar surface area (TPSA) is 45.8 Å². The molecule has 0 fully saturated rings. The molecule has 0 unspecified atom stereocenters. The molecule has 3 aromatic rings. The summed E-state index contributed by atoms with van der Waals surface area (Å²) < 4.78 is 26.4. The van der Waals surface area contributed by atoms with E-state index in [2.05, 4.69) is 9.97 Å². The van der Waals surface area contributed by atoms with Gasteiger partial charge in [0.05, 0.1) is 15.9 Å². The molecule has 2 aromatic carbocycles. The van der Waals surface area contributed by atoms with Crippen LogP contribution >= 0.6 is 23.2 Å². The van der Waals surface area contributed by atoms with E-state index in [0.29, 0.717) is 10.6 Å². The van der Waals surface area contributed by atoms with Crippen molar-refractivity contribution in [1.82, 2.24) is 9.97 Å². The maximum Gasteiger partial charge on any atom is 0.259 e. The van der Waals surface area contributed by atoms with Crippen LogP contribution < -0.4 is 5.56 Å². The minimum absolute atomic E-state index is 0.0391. The smallest absolute Gasteiger partial charge is 0.259 e. The molecule has 0 spiro atoms. The highest BCUT2D eigenvalue weighted by atomic mass is 35.5. The van der Waals surface area contributed by atoms with Crippen LogP contribution in [0.25, 0.3) is 22.3 Å². The van der Waals surface area contributed by atoms with Gasteiger partial charge in [-0.1, -0.05) is 23.2 Å². The number of hydrogen-bond donors (Lipinski definition) is 1. The molecule has 0 amide bonds. The molecular formula is C14H6Cl2F2N2O. The van der Waals surface area contributed by atoms with Crippen molar-refractivity contribution in [2.75, 3.05) is 0 Å². The Balaban J connectivity index is 2.30. The van der Waals surface area contributed by atoms with E-state index in [-0.39, 0.29) is 21.7 Å². The molecule has 7 heteroatoms. The predicted molar refractivity (Wildman–Crippen MR) is 77.7 cm³/mol. The fourth-order valence-electron chi connectivity index (χ4n) is 1.94. The third kappa shape index (κ3) is 2.50. The standard InChI is InChI=1S/C14H6Cl2F2N2O/c15-6-1-2-7(9(16)3-6)13-19-12-5-11(18)10(17)4-8(12)14(21)20-13/h1-5H,(H,19,20,21). The monoisotopic (exact) mass is 326 g/mol. The van der Waals surface area contributed by atoms with Gasteiger partial charge in [0, 0.05) is 16.7 Å². The maximum absolute atomic E-state index is 13.3. The van der Waals surface area contributed by atoms with E-state index in [9.17, 15) is 13.6 Å². The van der Waals surface area contributed by atoms with E-state index in [1.54, 1.807) is 12.1 Å². The van der Waals surface area contributed by atoms with Crippen LogP contribution in [0.15, 0.2) is 35.1 Å². The van der Waals surface area contributed by atoms with Crippen molar-refractivity contribution in [2.45, 2.75) is 0 Å². The van der Waals surface area contributed by atoms with Gasteiger partial charge in [-0.15, -0.1) is 0 Å². The SMILES string of the molecule is O=c1[nH]c(-c2ccc(Cl)cc2Cl)nc2cc(F)c(F)cc12. The van der Waals surface area contributed by atoms with Crippen molar-refractivity contribution < 1.29 is 8.78 Å². The average molecular weight is 327 g/mol. The second-order valence-electron chi connectivity index (χ2n) is 4.32. The summed E-state index contributed by atoms with van der Waals surface area (Å²) in [6.07, 6.45) is 0. The third-order valence-electron chi connectivity index (χ3n) is 2.93. The van der Waals surface area contributed by atoms with Crippen molar-refractivity contribution in [1.29, 1.82) is 0 Å². The summed E-state index contributed by atoms with van der Waals surface area (Å²) in [5.74, 6) is -2.03. The number of nitrogens with one attached hydrogen (secondary N) is 1. The number of nitrogens with zero attached hydrogens (tertiary/aromatic N) is 1. The lowest BCUT2D eigenvalue weighted by atomic mass is 10.2. The highest BCUT2D eigenvalue weighted by Gasteiger charge is 2.12.